The molecular formula is C9H12N2O. The molecule has 0 aromatic carbocycles. The predicted octanol–water partition coefficient (Wildman–Crippen LogP) is 1.90. The van der Waals surface area contributed by atoms with Crippen LogP contribution in [0.3, 0.4) is 0 Å². The fourth-order valence-electron chi connectivity index (χ4n) is 1.80. The smallest absolute Gasteiger partial charge is 0.116 e. The van der Waals surface area contributed by atoms with Gasteiger partial charge < -0.3 is 15.1 Å². The highest BCUT2D eigenvalue weighted by Gasteiger charge is 2.33. The monoisotopic (exact) mass is 164 g/mol. The van der Waals surface area contributed by atoms with E-state index >= 15 is 0 Å². The van der Waals surface area contributed by atoms with E-state index in [1.807, 2.05) is 0 Å². The fourth-order valence-corrected chi connectivity index (χ4v) is 1.80. The Balaban J connectivity index is 1.83. The summed E-state index contributed by atoms with van der Waals surface area (Å²) < 4.78 is 5.09. The van der Waals surface area contributed by atoms with Crippen LogP contribution >= 0.6 is 0 Å². The van der Waals surface area contributed by atoms with E-state index in [0.29, 0.717) is 6.04 Å². The first-order valence-corrected chi connectivity index (χ1v) is 4.50. The first-order chi connectivity index (χ1) is 5.93. The van der Waals surface area contributed by atoms with Crippen molar-refractivity contribution in [3.63, 3.8) is 0 Å². The van der Waals surface area contributed by atoms with E-state index in [4.69, 9.17) is 4.42 Å². The topological polar surface area (TPSA) is 37.2 Å². The number of hydrogen-bond donors (Lipinski definition) is 2. The van der Waals surface area contributed by atoms with Crippen LogP contribution in [0.2, 0.25) is 0 Å². The lowest BCUT2D eigenvalue weighted by Crippen LogP contribution is -2.33. The minimum absolute atomic E-state index is 0.620. The van der Waals surface area contributed by atoms with Gasteiger partial charge in [-0.25, -0.2) is 0 Å². The molecule has 1 aliphatic carbocycles. The van der Waals surface area contributed by atoms with Gasteiger partial charge in [0.1, 0.15) is 12.5 Å². The molecule has 3 nitrogen and oxygen atoms in total. The average Bonchev–Trinajstić information content (AvgIpc) is 2.84. The summed E-state index contributed by atoms with van der Waals surface area (Å²) in [6.07, 6.45) is 6.29. The highest BCUT2D eigenvalue weighted by molar-refractivity contribution is 5.69. The van der Waals surface area contributed by atoms with Crippen LogP contribution in [-0.2, 0) is 0 Å². The molecule has 0 saturated heterocycles. The van der Waals surface area contributed by atoms with E-state index in [0.717, 1.165) is 23.8 Å². The maximum atomic E-state index is 5.09. The van der Waals surface area contributed by atoms with Crippen LogP contribution in [0.5, 0.6) is 0 Å². The quantitative estimate of drug-likeness (QED) is 0.665. The van der Waals surface area contributed by atoms with Crippen molar-refractivity contribution in [2.75, 3.05) is 17.2 Å². The van der Waals surface area contributed by atoms with E-state index in [9.17, 15) is 0 Å². The summed E-state index contributed by atoms with van der Waals surface area (Å²) in [5, 5.41) is 6.84. The van der Waals surface area contributed by atoms with Gasteiger partial charge in [0.25, 0.3) is 0 Å². The van der Waals surface area contributed by atoms with E-state index in [-0.39, 0.29) is 0 Å². The lowest BCUT2D eigenvalue weighted by Gasteiger charge is -2.25. The summed E-state index contributed by atoms with van der Waals surface area (Å²) in [7, 11) is 0. The van der Waals surface area contributed by atoms with Gasteiger partial charge in [-0.3, -0.25) is 0 Å². The SMILES string of the molecule is c1occ2c1NCC(C1CC1)N2. The van der Waals surface area contributed by atoms with Gasteiger partial charge in [-0.05, 0) is 18.8 Å². The molecule has 0 bridgehead atoms. The molecule has 64 valence electrons. The van der Waals surface area contributed by atoms with Gasteiger partial charge in [0.05, 0.1) is 11.4 Å². The van der Waals surface area contributed by atoms with Crippen molar-refractivity contribution in [3.8, 4) is 0 Å². The molecular weight excluding hydrogens is 152 g/mol. The van der Waals surface area contributed by atoms with Crippen molar-refractivity contribution in [2.24, 2.45) is 5.92 Å². The standard InChI is InChI=1S/C9H12N2O/c1-2-6(1)7-3-10-8-4-12-5-9(8)11-7/h4-7,10-11H,1-3H2. The number of nitrogens with one attached hydrogen (secondary N) is 2. The van der Waals surface area contributed by atoms with Crippen LogP contribution in [0, 0.1) is 5.92 Å². The molecule has 1 aromatic rings. The van der Waals surface area contributed by atoms with Crippen LogP contribution in [0.15, 0.2) is 16.9 Å². The molecule has 1 unspecified atom stereocenters. The molecule has 0 radical (unpaired) electrons. The number of anilines is 2. The van der Waals surface area contributed by atoms with E-state index in [2.05, 4.69) is 10.6 Å². The van der Waals surface area contributed by atoms with Gasteiger partial charge in [0, 0.05) is 12.6 Å². The Hall–Kier alpha value is -1.12. The molecule has 1 fully saturated rings. The fraction of sp³-hybridized carbons (Fsp3) is 0.556. The average molecular weight is 164 g/mol. The van der Waals surface area contributed by atoms with Crippen LogP contribution in [0.1, 0.15) is 12.8 Å². The molecule has 2 aliphatic rings. The summed E-state index contributed by atoms with van der Waals surface area (Å²) in [6, 6.07) is 0.620. The summed E-state index contributed by atoms with van der Waals surface area (Å²) in [5.74, 6) is 0.889. The van der Waals surface area contributed by atoms with Crippen molar-refractivity contribution in [3.05, 3.63) is 12.5 Å². The van der Waals surface area contributed by atoms with Gasteiger partial charge in [-0.2, -0.15) is 0 Å². The molecule has 2 heterocycles. The van der Waals surface area contributed by atoms with Crippen LogP contribution in [-0.4, -0.2) is 12.6 Å². The van der Waals surface area contributed by atoms with Crippen molar-refractivity contribution < 1.29 is 4.42 Å². The zero-order valence-corrected chi connectivity index (χ0v) is 6.84. The second-order valence-electron chi connectivity index (χ2n) is 3.67. The van der Waals surface area contributed by atoms with Crippen LogP contribution in [0.25, 0.3) is 0 Å². The summed E-state index contributed by atoms with van der Waals surface area (Å²) in [4.78, 5) is 0. The molecule has 12 heavy (non-hydrogen) atoms. The second-order valence-corrected chi connectivity index (χ2v) is 3.67. The third-order valence-corrected chi connectivity index (χ3v) is 2.71. The van der Waals surface area contributed by atoms with Gasteiger partial charge >= 0.3 is 0 Å². The largest absolute Gasteiger partial charge is 0.468 e. The third-order valence-electron chi connectivity index (χ3n) is 2.71. The minimum atomic E-state index is 0.620. The number of rotatable bonds is 1. The Labute approximate surface area is 71.1 Å². The highest BCUT2D eigenvalue weighted by Crippen LogP contribution is 2.38. The zero-order chi connectivity index (χ0) is 7.97. The minimum Gasteiger partial charge on any atom is -0.468 e. The molecule has 2 N–H and O–H groups in total. The molecule has 3 heteroatoms. The highest BCUT2D eigenvalue weighted by atomic mass is 16.3. The van der Waals surface area contributed by atoms with Crippen molar-refractivity contribution >= 4 is 11.4 Å². The normalized spacial score (nSPS) is 27.2. The predicted molar refractivity (Wildman–Crippen MR) is 47.3 cm³/mol. The molecule has 0 amide bonds. The van der Waals surface area contributed by atoms with E-state index in [1.54, 1.807) is 12.5 Å². The number of hydrogen-bond acceptors (Lipinski definition) is 3. The number of furan rings is 1. The van der Waals surface area contributed by atoms with Crippen molar-refractivity contribution in [1.82, 2.24) is 0 Å². The van der Waals surface area contributed by atoms with E-state index in [1.165, 1.54) is 12.8 Å². The molecule has 1 saturated carbocycles. The second kappa shape index (κ2) is 2.19. The molecule has 1 atom stereocenters. The van der Waals surface area contributed by atoms with Crippen LogP contribution in [0.4, 0.5) is 11.4 Å². The van der Waals surface area contributed by atoms with Gasteiger partial charge in [0.2, 0.25) is 0 Å². The Bertz CT molecular complexity index is 290. The van der Waals surface area contributed by atoms with Gasteiger partial charge in [-0.15, -0.1) is 0 Å². The maximum absolute atomic E-state index is 5.09. The Morgan fingerprint density at radius 1 is 1.25 bits per heavy atom. The summed E-state index contributed by atoms with van der Waals surface area (Å²) >= 11 is 0. The lowest BCUT2D eigenvalue weighted by atomic mass is 10.1. The molecule has 3 rings (SSSR count). The van der Waals surface area contributed by atoms with Gasteiger partial charge in [0.15, 0.2) is 0 Å². The van der Waals surface area contributed by atoms with Gasteiger partial charge in [-0.1, -0.05) is 0 Å². The first kappa shape index (κ1) is 6.40. The maximum Gasteiger partial charge on any atom is 0.116 e. The first-order valence-electron chi connectivity index (χ1n) is 4.50. The Morgan fingerprint density at radius 3 is 2.92 bits per heavy atom. The Kier molecular flexibility index (Phi) is 1.17. The zero-order valence-electron chi connectivity index (χ0n) is 6.84. The van der Waals surface area contributed by atoms with Crippen LogP contribution < -0.4 is 10.6 Å². The van der Waals surface area contributed by atoms with Crippen molar-refractivity contribution in [2.45, 2.75) is 18.9 Å². The summed E-state index contributed by atoms with van der Waals surface area (Å²) in [5.41, 5.74) is 2.23. The number of fused-ring (bicyclic) bond motifs is 1. The van der Waals surface area contributed by atoms with E-state index < -0.39 is 0 Å². The lowest BCUT2D eigenvalue weighted by molar-refractivity contribution is 0.569. The third kappa shape index (κ3) is 0.891. The van der Waals surface area contributed by atoms with Crippen molar-refractivity contribution in [1.29, 1.82) is 0 Å². The molecule has 0 spiro atoms. The Morgan fingerprint density at radius 2 is 2.08 bits per heavy atom. The molecule has 1 aromatic heterocycles. The molecule has 1 aliphatic heterocycles. The summed E-state index contributed by atoms with van der Waals surface area (Å²) in [6.45, 7) is 1.04.